The Balaban J connectivity index is 1.91. The summed E-state index contributed by atoms with van der Waals surface area (Å²) >= 11 is 0. The van der Waals surface area contributed by atoms with Crippen LogP contribution in [0.1, 0.15) is 68.0 Å². The Morgan fingerprint density at radius 1 is 1.35 bits per heavy atom. The monoisotopic (exact) mass is 316 g/mol. The predicted octanol–water partition coefficient (Wildman–Crippen LogP) is 2.43. The van der Waals surface area contributed by atoms with Gasteiger partial charge in [0.25, 0.3) is 5.91 Å². The number of nitrogens with one attached hydrogen (secondary N) is 1. The molecule has 23 heavy (non-hydrogen) atoms. The number of piperidine rings is 1. The van der Waals surface area contributed by atoms with E-state index in [4.69, 9.17) is 0 Å². The van der Waals surface area contributed by atoms with Crippen LogP contribution in [0.3, 0.4) is 0 Å². The maximum Gasteiger partial charge on any atom is 0.257 e. The molecule has 3 heterocycles. The third-order valence-corrected chi connectivity index (χ3v) is 4.33. The van der Waals surface area contributed by atoms with Crippen molar-refractivity contribution in [2.24, 2.45) is 0 Å². The Labute approximate surface area is 136 Å². The largest absolute Gasteiger partial charge is 0.328 e. The summed E-state index contributed by atoms with van der Waals surface area (Å²) in [6.07, 6.45) is 6.38. The quantitative estimate of drug-likeness (QED) is 0.923. The molecule has 0 saturated carbocycles. The second-order valence-corrected chi connectivity index (χ2v) is 7.12. The fraction of sp³-hybridized carbons (Fsp3) is 0.625. The Bertz CT molecular complexity index is 682. The van der Waals surface area contributed by atoms with Crippen molar-refractivity contribution in [3.05, 3.63) is 29.6 Å². The molecule has 3 rings (SSSR count). The fourth-order valence-corrected chi connectivity index (χ4v) is 3.00. The predicted molar refractivity (Wildman–Crippen MR) is 86.0 cm³/mol. The van der Waals surface area contributed by atoms with Crippen molar-refractivity contribution in [2.75, 3.05) is 6.54 Å². The number of hydrogen-bond donors (Lipinski definition) is 1. The lowest BCUT2D eigenvalue weighted by Gasteiger charge is -2.34. The highest BCUT2D eigenvalue weighted by molar-refractivity contribution is 5.95. The first-order valence-electron chi connectivity index (χ1n) is 8.11. The Morgan fingerprint density at radius 3 is 2.74 bits per heavy atom. The van der Waals surface area contributed by atoms with Crippen LogP contribution in [0.5, 0.6) is 0 Å². The molecule has 124 valence electrons. The molecule has 1 fully saturated rings. The van der Waals surface area contributed by atoms with E-state index in [1.807, 2.05) is 22.7 Å². The molecule has 7 nitrogen and oxygen atoms in total. The van der Waals surface area contributed by atoms with Crippen LogP contribution in [-0.4, -0.2) is 42.3 Å². The van der Waals surface area contributed by atoms with Crippen molar-refractivity contribution >= 4 is 5.91 Å². The summed E-state index contributed by atoms with van der Waals surface area (Å²) in [4.78, 5) is 19.2. The first kappa shape index (κ1) is 15.7. The molecule has 7 heteroatoms. The number of H-pyrrole nitrogens is 1. The minimum Gasteiger partial charge on any atom is -0.328 e. The first-order chi connectivity index (χ1) is 10.9. The van der Waals surface area contributed by atoms with Crippen LogP contribution in [0, 0.1) is 6.92 Å². The summed E-state index contributed by atoms with van der Waals surface area (Å²) in [5.41, 5.74) is 1.30. The minimum atomic E-state index is -0.143. The van der Waals surface area contributed by atoms with Gasteiger partial charge >= 0.3 is 0 Å². The number of aromatic nitrogens is 5. The van der Waals surface area contributed by atoms with Gasteiger partial charge in [0.2, 0.25) is 0 Å². The molecule has 1 saturated heterocycles. The number of likely N-dealkylation sites (tertiary alicyclic amines) is 1. The fourth-order valence-electron chi connectivity index (χ4n) is 3.00. The van der Waals surface area contributed by atoms with Crippen LogP contribution in [0.2, 0.25) is 0 Å². The molecular weight excluding hydrogens is 292 g/mol. The average molecular weight is 316 g/mol. The highest BCUT2D eigenvalue weighted by atomic mass is 16.2. The third-order valence-electron chi connectivity index (χ3n) is 4.33. The van der Waals surface area contributed by atoms with Crippen molar-refractivity contribution in [2.45, 2.75) is 58.5 Å². The lowest BCUT2D eigenvalue weighted by Crippen LogP contribution is -2.39. The molecule has 0 radical (unpaired) electrons. The number of nitrogens with zero attached hydrogens (tertiary/aromatic N) is 5. The molecule has 1 amide bonds. The zero-order valence-corrected chi connectivity index (χ0v) is 14.2. The second kappa shape index (κ2) is 5.79. The molecule has 0 unspecified atom stereocenters. The molecular formula is C16H24N6O. The van der Waals surface area contributed by atoms with E-state index in [1.54, 1.807) is 0 Å². The topological polar surface area (TPSA) is 79.7 Å². The van der Waals surface area contributed by atoms with E-state index in [1.165, 1.54) is 6.33 Å². The van der Waals surface area contributed by atoms with E-state index in [9.17, 15) is 4.79 Å². The van der Waals surface area contributed by atoms with E-state index in [0.29, 0.717) is 5.56 Å². The highest BCUT2D eigenvalue weighted by Gasteiger charge is 2.32. The number of carbonyl (C=O) groups excluding carboxylic acids is 1. The minimum absolute atomic E-state index is 0.0269. The summed E-state index contributed by atoms with van der Waals surface area (Å²) in [6, 6.07) is -0.0314. The molecule has 2 aromatic heterocycles. The molecule has 0 bridgehead atoms. The van der Waals surface area contributed by atoms with E-state index in [0.717, 1.165) is 37.3 Å². The summed E-state index contributed by atoms with van der Waals surface area (Å²) in [5, 5.41) is 11.4. The standard InChI is InChI=1S/C16H24N6O/c1-11-12(9-22(20-11)16(2,3)4)15(23)21-8-6-5-7-13(21)14-17-10-18-19-14/h9-10,13H,5-8H2,1-4H3,(H,17,18,19)/t13-/m0/s1. The molecule has 0 aromatic carbocycles. The summed E-state index contributed by atoms with van der Waals surface area (Å²) < 4.78 is 1.86. The van der Waals surface area contributed by atoms with Gasteiger partial charge in [-0.3, -0.25) is 14.6 Å². The second-order valence-electron chi connectivity index (χ2n) is 7.12. The van der Waals surface area contributed by atoms with Gasteiger partial charge < -0.3 is 4.90 Å². The molecule has 1 aliphatic heterocycles. The number of hydrogen-bond acceptors (Lipinski definition) is 4. The lowest BCUT2D eigenvalue weighted by molar-refractivity contribution is 0.0599. The number of aromatic amines is 1. The maximum atomic E-state index is 13.1. The van der Waals surface area contributed by atoms with Crippen molar-refractivity contribution in [3.63, 3.8) is 0 Å². The van der Waals surface area contributed by atoms with Crippen molar-refractivity contribution in [3.8, 4) is 0 Å². The van der Waals surface area contributed by atoms with E-state index < -0.39 is 0 Å². The van der Waals surface area contributed by atoms with Gasteiger partial charge in [-0.2, -0.15) is 10.2 Å². The van der Waals surface area contributed by atoms with Crippen LogP contribution in [0.15, 0.2) is 12.5 Å². The normalized spacial score (nSPS) is 19.1. The van der Waals surface area contributed by atoms with E-state index in [-0.39, 0.29) is 17.5 Å². The van der Waals surface area contributed by atoms with E-state index >= 15 is 0 Å². The van der Waals surface area contributed by atoms with Crippen molar-refractivity contribution < 1.29 is 4.79 Å². The van der Waals surface area contributed by atoms with Gasteiger partial charge in [-0.25, -0.2) is 4.98 Å². The SMILES string of the molecule is Cc1nn(C(C)(C)C)cc1C(=O)N1CCCC[C@H]1c1ncn[nH]1. The molecule has 0 aliphatic carbocycles. The van der Waals surface area contributed by atoms with Gasteiger partial charge in [-0.05, 0) is 47.0 Å². The molecule has 0 spiro atoms. The van der Waals surface area contributed by atoms with Gasteiger partial charge in [0.1, 0.15) is 12.2 Å². The van der Waals surface area contributed by atoms with Gasteiger partial charge in [-0.1, -0.05) is 0 Å². The first-order valence-corrected chi connectivity index (χ1v) is 8.11. The third kappa shape index (κ3) is 3.00. The lowest BCUT2D eigenvalue weighted by atomic mass is 10.0. The maximum absolute atomic E-state index is 13.1. The summed E-state index contributed by atoms with van der Waals surface area (Å²) in [6.45, 7) is 8.86. The average Bonchev–Trinajstić information content (AvgIpc) is 3.15. The smallest absolute Gasteiger partial charge is 0.257 e. The van der Waals surface area contributed by atoms with Crippen LogP contribution in [0.4, 0.5) is 0 Å². The molecule has 1 aliphatic rings. The van der Waals surface area contributed by atoms with Crippen LogP contribution >= 0.6 is 0 Å². The summed E-state index contributed by atoms with van der Waals surface area (Å²) in [7, 11) is 0. The van der Waals surface area contributed by atoms with Gasteiger partial charge in [0.15, 0.2) is 0 Å². The van der Waals surface area contributed by atoms with E-state index in [2.05, 4.69) is 41.1 Å². The van der Waals surface area contributed by atoms with Crippen LogP contribution in [-0.2, 0) is 5.54 Å². The molecule has 1 N–H and O–H groups in total. The van der Waals surface area contributed by atoms with Gasteiger partial charge in [0, 0.05) is 12.7 Å². The van der Waals surface area contributed by atoms with Gasteiger partial charge in [0.05, 0.1) is 22.8 Å². The number of amides is 1. The molecule has 1 atom stereocenters. The van der Waals surface area contributed by atoms with Crippen LogP contribution in [0.25, 0.3) is 0 Å². The molecule has 2 aromatic rings. The van der Waals surface area contributed by atoms with Crippen molar-refractivity contribution in [1.82, 2.24) is 29.9 Å². The van der Waals surface area contributed by atoms with Crippen LogP contribution < -0.4 is 0 Å². The summed E-state index contributed by atoms with van der Waals surface area (Å²) in [5.74, 6) is 0.790. The number of rotatable bonds is 2. The highest BCUT2D eigenvalue weighted by Crippen LogP contribution is 2.30. The Morgan fingerprint density at radius 2 is 2.13 bits per heavy atom. The zero-order valence-electron chi connectivity index (χ0n) is 14.2. The number of aryl methyl sites for hydroxylation is 1. The zero-order chi connectivity index (χ0) is 16.6. The van der Waals surface area contributed by atoms with Crippen molar-refractivity contribution in [1.29, 1.82) is 0 Å². The number of carbonyl (C=O) groups is 1. The van der Waals surface area contributed by atoms with Gasteiger partial charge in [-0.15, -0.1) is 0 Å². The Hall–Kier alpha value is -2.18. The Kier molecular flexibility index (Phi) is 3.95.